The van der Waals surface area contributed by atoms with Crippen LogP contribution in [0.25, 0.3) is 0 Å². The number of amides is 2. The molecule has 0 aliphatic rings. The molecule has 0 spiro atoms. The van der Waals surface area contributed by atoms with Gasteiger partial charge in [0.1, 0.15) is 0 Å². The highest BCUT2D eigenvalue weighted by Gasteiger charge is 2.28. The topological polar surface area (TPSA) is 133 Å². The number of nitrogens with one attached hydrogen (secondary N) is 3. The highest BCUT2D eigenvalue weighted by Crippen LogP contribution is 2.21. The molecule has 0 aliphatic heterocycles. The summed E-state index contributed by atoms with van der Waals surface area (Å²) in [6.07, 6.45) is -0.140. The van der Waals surface area contributed by atoms with Crippen molar-refractivity contribution in [3.8, 4) is 0 Å². The van der Waals surface area contributed by atoms with Crippen molar-refractivity contribution in [1.82, 2.24) is 31.3 Å². The molecule has 0 aliphatic carbocycles. The Kier molecular flexibility index (Phi) is 4.79. The number of rotatable bonds is 5. The summed E-state index contributed by atoms with van der Waals surface area (Å²) in [5.74, 6) is -0.612. The van der Waals surface area contributed by atoms with Crippen molar-refractivity contribution in [2.24, 2.45) is 5.41 Å². The second-order valence-corrected chi connectivity index (χ2v) is 5.17. The molecule has 1 atom stereocenters. The number of carboxylic acid groups (broad SMARTS) is 1. The first-order valence-electron chi connectivity index (χ1n) is 5.77. The highest BCUT2D eigenvalue weighted by molar-refractivity contribution is 5.75. The maximum atomic E-state index is 11.7. The van der Waals surface area contributed by atoms with Gasteiger partial charge in [-0.25, -0.2) is 4.79 Å². The largest absolute Gasteiger partial charge is 0.481 e. The summed E-state index contributed by atoms with van der Waals surface area (Å²) in [6.45, 7) is 5.70. The smallest absolute Gasteiger partial charge is 0.315 e. The molecule has 0 aromatic carbocycles. The molecule has 1 aromatic rings. The zero-order valence-corrected chi connectivity index (χ0v) is 11.1. The first-order valence-corrected chi connectivity index (χ1v) is 5.77. The van der Waals surface area contributed by atoms with Crippen molar-refractivity contribution in [3.63, 3.8) is 0 Å². The molecule has 106 valence electrons. The predicted octanol–water partition coefficient (Wildman–Crippen LogP) is -0.112. The van der Waals surface area contributed by atoms with Gasteiger partial charge in [-0.3, -0.25) is 4.79 Å². The van der Waals surface area contributed by atoms with Crippen LogP contribution in [0, 0.1) is 5.41 Å². The normalized spacial score (nSPS) is 12.8. The van der Waals surface area contributed by atoms with Gasteiger partial charge in [-0.15, -0.1) is 10.2 Å². The SMILES string of the molecule is CC(C)(C)C(CC(=O)O)NC(=O)NCc1nn[nH]n1. The van der Waals surface area contributed by atoms with Crippen LogP contribution in [0.1, 0.15) is 33.0 Å². The lowest BCUT2D eigenvalue weighted by atomic mass is 9.85. The molecule has 9 heteroatoms. The van der Waals surface area contributed by atoms with Crippen LogP contribution in [0.5, 0.6) is 0 Å². The molecule has 9 nitrogen and oxygen atoms in total. The molecule has 0 saturated carbocycles. The Morgan fingerprint density at radius 1 is 1.42 bits per heavy atom. The molecular formula is C10H18N6O3. The number of H-pyrrole nitrogens is 1. The minimum absolute atomic E-state index is 0.117. The predicted molar refractivity (Wildman–Crippen MR) is 65.0 cm³/mol. The van der Waals surface area contributed by atoms with Crippen LogP contribution in [0.15, 0.2) is 0 Å². The summed E-state index contributed by atoms with van der Waals surface area (Å²) in [5, 5.41) is 27.0. The Labute approximate surface area is 110 Å². The lowest BCUT2D eigenvalue weighted by Gasteiger charge is -2.30. The van der Waals surface area contributed by atoms with E-state index in [2.05, 4.69) is 31.3 Å². The van der Waals surface area contributed by atoms with E-state index < -0.39 is 18.0 Å². The van der Waals surface area contributed by atoms with Gasteiger partial charge in [0.2, 0.25) is 0 Å². The van der Waals surface area contributed by atoms with Gasteiger partial charge in [-0.05, 0) is 5.41 Å². The first kappa shape index (κ1) is 14.9. The zero-order chi connectivity index (χ0) is 14.5. The minimum atomic E-state index is -0.960. The third kappa shape index (κ3) is 5.32. The maximum Gasteiger partial charge on any atom is 0.315 e. The van der Waals surface area contributed by atoms with E-state index >= 15 is 0 Å². The highest BCUT2D eigenvalue weighted by atomic mass is 16.4. The van der Waals surface area contributed by atoms with E-state index in [0.717, 1.165) is 0 Å². The van der Waals surface area contributed by atoms with Crippen LogP contribution in [-0.2, 0) is 11.3 Å². The molecule has 0 saturated heterocycles. The van der Waals surface area contributed by atoms with E-state index in [-0.39, 0.29) is 18.4 Å². The number of carbonyl (C=O) groups excluding carboxylic acids is 1. The average Bonchev–Trinajstić information content (AvgIpc) is 2.76. The van der Waals surface area contributed by atoms with Gasteiger partial charge in [0.15, 0.2) is 5.82 Å². The Hall–Kier alpha value is -2.19. The molecule has 0 fully saturated rings. The van der Waals surface area contributed by atoms with Crippen molar-refractivity contribution in [3.05, 3.63) is 5.82 Å². The van der Waals surface area contributed by atoms with Gasteiger partial charge in [0.05, 0.1) is 13.0 Å². The van der Waals surface area contributed by atoms with Gasteiger partial charge in [0, 0.05) is 6.04 Å². The number of tetrazole rings is 1. The Balaban J connectivity index is 2.49. The number of aromatic nitrogens is 4. The van der Waals surface area contributed by atoms with Gasteiger partial charge in [-0.2, -0.15) is 5.21 Å². The number of urea groups is 1. The monoisotopic (exact) mass is 270 g/mol. The van der Waals surface area contributed by atoms with E-state index in [1.54, 1.807) is 0 Å². The van der Waals surface area contributed by atoms with E-state index in [0.29, 0.717) is 5.82 Å². The Bertz CT molecular complexity index is 425. The van der Waals surface area contributed by atoms with Gasteiger partial charge in [-0.1, -0.05) is 26.0 Å². The van der Waals surface area contributed by atoms with Crippen molar-refractivity contribution in [2.45, 2.75) is 39.8 Å². The van der Waals surface area contributed by atoms with Crippen LogP contribution < -0.4 is 10.6 Å². The fourth-order valence-corrected chi connectivity index (χ4v) is 1.37. The summed E-state index contributed by atoms with van der Waals surface area (Å²) < 4.78 is 0. The molecule has 1 rings (SSSR count). The number of aromatic amines is 1. The van der Waals surface area contributed by atoms with E-state index in [4.69, 9.17) is 5.11 Å². The molecule has 19 heavy (non-hydrogen) atoms. The van der Waals surface area contributed by atoms with Crippen molar-refractivity contribution in [2.75, 3.05) is 0 Å². The number of aliphatic carboxylic acids is 1. The second-order valence-electron chi connectivity index (χ2n) is 5.17. The number of carboxylic acids is 1. The molecule has 0 bridgehead atoms. The first-order chi connectivity index (χ1) is 8.79. The maximum absolute atomic E-state index is 11.7. The molecule has 2 amide bonds. The van der Waals surface area contributed by atoms with E-state index in [1.165, 1.54) is 0 Å². The lowest BCUT2D eigenvalue weighted by molar-refractivity contribution is -0.138. The van der Waals surface area contributed by atoms with Crippen LogP contribution in [0.2, 0.25) is 0 Å². The van der Waals surface area contributed by atoms with Gasteiger partial charge >= 0.3 is 12.0 Å². The fraction of sp³-hybridized carbons (Fsp3) is 0.700. The lowest BCUT2D eigenvalue weighted by Crippen LogP contribution is -2.48. The minimum Gasteiger partial charge on any atom is -0.481 e. The molecule has 1 heterocycles. The Morgan fingerprint density at radius 3 is 2.58 bits per heavy atom. The molecular weight excluding hydrogens is 252 g/mol. The number of nitrogens with zero attached hydrogens (tertiary/aromatic N) is 3. The molecule has 0 radical (unpaired) electrons. The summed E-state index contributed by atoms with van der Waals surface area (Å²) in [6, 6.07) is -0.943. The van der Waals surface area contributed by atoms with Crippen molar-refractivity contribution in [1.29, 1.82) is 0 Å². The van der Waals surface area contributed by atoms with Gasteiger partial charge in [0.25, 0.3) is 0 Å². The summed E-state index contributed by atoms with van der Waals surface area (Å²) in [4.78, 5) is 22.5. The Morgan fingerprint density at radius 2 is 2.11 bits per heavy atom. The number of hydrogen-bond donors (Lipinski definition) is 4. The third-order valence-corrected chi connectivity index (χ3v) is 2.53. The summed E-state index contributed by atoms with van der Waals surface area (Å²) in [5.41, 5.74) is -0.359. The molecule has 1 aromatic heterocycles. The van der Waals surface area contributed by atoms with E-state index in [1.807, 2.05) is 20.8 Å². The quantitative estimate of drug-likeness (QED) is 0.590. The number of hydrogen-bond acceptors (Lipinski definition) is 5. The number of carbonyl (C=O) groups is 2. The zero-order valence-electron chi connectivity index (χ0n) is 11.1. The molecule has 1 unspecified atom stereocenters. The van der Waals surface area contributed by atoms with Crippen LogP contribution in [-0.4, -0.2) is 43.8 Å². The van der Waals surface area contributed by atoms with Crippen LogP contribution >= 0.6 is 0 Å². The van der Waals surface area contributed by atoms with Gasteiger partial charge < -0.3 is 15.7 Å². The summed E-state index contributed by atoms with van der Waals surface area (Å²) in [7, 11) is 0. The third-order valence-electron chi connectivity index (χ3n) is 2.53. The standard InChI is InChI=1S/C10H18N6O3/c1-10(2,3)6(4-8(17)18)12-9(19)11-5-7-13-15-16-14-7/h6H,4-5H2,1-3H3,(H,17,18)(H2,11,12,19)(H,13,14,15,16). The van der Waals surface area contributed by atoms with Crippen molar-refractivity contribution >= 4 is 12.0 Å². The van der Waals surface area contributed by atoms with E-state index in [9.17, 15) is 9.59 Å². The fourth-order valence-electron chi connectivity index (χ4n) is 1.37. The van der Waals surface area contributed by atoms with Crippen LogP contribution in [0.3, 0.4) is 0 Å². The average molecular weight is 270 g/mol. The van der Waals surface area contributed by atoms with Crippen molar-refractivity contribution < 1.29 is 14.7 Å². The van der Waals surface area contributed by atoms with Crippen LogP contribution in [0.4, 0.5) is 4.79 Å². The summed E-state index contributed by atoms with van der Waals surface area (Å²) >= 11 is 0. The molecule has 4 N–H and O–H groups in total. The second kappa shape index (κ2) is 6.12.